The minimum absolute atomic E-state index is 0.0163. The number of rotatable bonds is 1. The van der Waals surface area contributed by atoms with Crippen LogP contribution in [0.3, 0.4) is 0 Å². The average Bonchev–Trinajstić information content (AvgIpc) is 2.58. The Morgan fingerprint density at radius 2 is 2.31 bits per heavy atom. The first-order valence-electron chi connectivity index (χ1n) is 4.69. The minimum atomic E-state index is -0.0163. The molecule has 3 nitrogen and oxygen atoms in total. The molecule has 1 N–H and O–H groups in total. The van der Waals surface area contributed by atoms with Gasteiger partial charge in [0.25, 0.3) is 0 Å². The quantitative estimate of drug-likeness (QED) is 0.751. The lowest BCUT2D eigenvalue weighted by Gasteiger charge is -1.96. The lowest BCUT2D eigenvalue weighted by Crippen LogP contribution is -1.91. The predicted octanol–water partition coefficient (Wildman–Crippen LogP) is 2.58. The molecular weight excluding hydrogens is 220 g/mol. The SMILES string of the molecule is N#Cc1cccc(/C=C2\SC(=N)CC2=O)c1. The van der Waals surface area contributed by atoms with Gasteiger partial charge < -0.3 is 0 Å². The van der Waals surface area contributed by atoms with Crippen LogP contribution in [0, 0.1) is 16.7 Å². The van der Waals surface area contributed by atoms with Gasteiger partial charge in [0.05, 0.1) is 28.0 Å². The van der Waals surface area contributed by atoms with Crippen molar-refractivity contribution in [3.63, 3.8) is 0 Å². The molecule has 1 heterocycles. The summed E-state index contributed by atoms with van der Waals surface area (Å²) in [6, 6.07) is 9.10. The molecule has 0 spiro atoms. The Morgan fingerprint density at radius 1 is 1.50 bits per heavy atom. The third-order valence-corrected chi connectivity index (χ3v) is 3.10. The van der Waals surface area contributed by atoms with Crippen LogP contribution >= 0.6 is 11.8 Å². The van der Waals surface area contributed by atoms with E-state index < -0.39 is 0 Å². The third-order valence-electron chi connectivity index (χ3n) is 2.14. The van der Waals surface area contributed by atoms with Gasteiger partial charge in [-0.1, -0.05) is 23.9 Å². The lowest BCUT2D eigenvalue weighted by molar-refractivity contribution is -0.113. The highest BCUT2D eigenvalue weighted by Crippen LogP contribution is 2.30. The van der Waals surface area contributed by atoms with Crippen molar-refractivity contribution >= 4 is 28.7 Å². The van der Waals surface area contributed by atoms with E-state index >= 15 is 0 Å². The lowest BCUT2D eigenvalue weighted by atomic mass is 10.1. The highest BCUT2D eigenvalue weighted by Gasteiger charge is 2.22. The van der Waals surface area contributed by atoms with Crippen molar-refractivity contribution in [3.8, 4) is 6.07 Å². The first-order valence-corrected chi connectivity index (χ1v) is 5.51. The van der Waals surface area contributed by atoms with Crippen molar-refractivity contribution in [2.24, 2.45) is 0 Å². The maximum Gasteiger partial charge on any atom is 0.176 e. The Balaban J connectivity index is 2.33. The van der Waals surface area contributed by atoms with Crippen molar-refractivity contribution < 1.29 is 4.79 Å². The number of Topliss-reactive ketones (excluding diaryl/α,β-unsaturated/α-hetero) is 1. The number of nitriles is 1. The fourth-order valence-electron chi connectivity index (χ4n) is 1.42. The molecule has 0 aromatic heterocycles. The normalized spacial score (nSPS) is 17.8. The average molecular weight is 228 g/mol. The van der Waals surface area contributed by atoms with Gasteiger partial charge >= 0.3 is 0 Å². The van der Waals surface area contributed by atoms with Gasteiger partial charge in [0.2, 0.25) is 0 Å². The zero-order valence-corrected chi connectivity index (χ0v) is 9.17. The van der Waals surface area contributed by atoms with Gasteiger partial charge in [0, 0.05) is 0 Å². The van der Waals surface area contributed by atoms with Gasteiger partial charge in [-0.3, -0.25) is 10.2 Å². The Kier molecular flexibility index (Phi) is 2.88. The summed E-state index contributed by atoms with van der Waals surface area (Å²) in [5, 5.41) is 16.5. The van der Waals surface area contributed by atoms with E-state index in [0.717, 1.165) is 5.56 Å². The molecule has 1 aromatic carbocycles. The molecule has 1 saturated heterocycles. The summed E-state index contributed by atoms with van der Waals surface area (Å²) in [5.74, 6) is -0.0163. The standard InChI is InChI=1S/C12H8N2OS/c13-7-9-3-1-2-8(4-9)5-11-10(15)6-12(14)16-11/h1-5,14H,6H2/b11-5-,14-12?. The second-order valence-electron chi connectivity index (χ2n) is 3.37. The zero-order chi connectivity index (χ0) is 11.5. The molecular formula is C12H8N2OS. The van der Waals surface area contributed by atoms with Crippen LogP contribution in [0.15, 0.2) is 29.2 Å². The van der Waals surface area contributed by atoms with Crippen molar-refractivity contribution in [2.45, 2.75) is 6.42 Å². The monoisotopic (exact) mass is 228 g/mol. The number of nitrogens with zero attached hydrogens (tertiary/aromatic N) is 1. The molecule has 2 rings (SSSR count). The first-order chi connectivity index (χ1) is 7.69. The Morgan fingerprint density at radius 3 is 2.94 bits per heavy atom. The highest BCUT2D eigenvalue weighted by molar-refractivity contribution is 8.18. The molecule has 0 saturated carbocycles. The van der Waals surface area contributed by atoms with E-state index in [1.54, 1.807) is 24.3 Å². The molecule has 0 radical (unpaired) electrons. The van der Waals surface area contributed by atoms with Crippen LogP contribution in [0.4, 0.5) is 0 Å². The van der Waals surface area contributed by atoms with E-state index in [1.165, 1.54) is 11.8 Å². The minimum Gasteiger partial charge on any atom is -0.298 e. The summed E-state index contributed by atoms with van der Waals surface area (Å²) in [6.45, 7) is 0. The molecule has 0 atom stereocenters. The molecule has 1 aliphatic rings. The maximum absolute atomic E-state index is 11.4. The van der Waals surface area contributed by atoms with Crippen molar-refractivity contribution in [1.82, 2.24) is 0 Å². The van der Waals surface area contributed by atoms with Crippen LogP contribution in [-0.2, 0) is 4.79 Å². The Bertz CT molecular complexity index is 540. The topological polar surface area (TPSA) is 64.7 Å². The Labute approximate surface area is 97.3 Å². The summed E-state index contributed by atoms with van der Waals surface area (Å²) in [6.07, 6.45) is 1.93. The predicted molar refractivity (Wildman–Crippen MR) is 64.1 cm³/mol. The number of thioether (sulfide) groups is 1. The second-order valence-corrected chi connectivity index (χ2v) is 4.51. The first kappa shape index (κ1) is 10.7. The van der Waals surface area contributed by atoms with E-state index in [0.29, 0.717) is 15.5 Å². The number of hydrogen-bond acceptors (Lipinski definition) is 4. The van der Waals surface area contributed by atoms with Crippen molar-refractivity contribution in [1.29, 1.82) is 10.7 Å². The second kappa shape index (κ2) is 4.33. The van der Waals surface area contributed by atoms with Crippen molar-refractivity contribution in [2.75, 3.05) is 0 Å². The van der Waals surface area contributed by atoms with Gasteiger partial charge in [0.15, 0.2) is 5.78 Å². The molecule has 0 amide bonds. The van der Waals surface area contributed by atoms with E-state index in [1.807, 2.05) is 12.1 Å². The molecule has 78 valence electrons. The number of ketones is 1. The van der Waals surface area contributed by atoms with Crippen LogP contribution in [0.5, 0.6) is 0 Å². The van der Waals surface area contributed by atoms with Crippen LogP contribution in [0.1, 0.15) is 17.5 Å². The van der Waals surface area contributed by atoms with E-state index in [4.69, 9.17) is 10.7 Å². The van der Waals surface area contributed by atoms with Gasteiger partial charge in [0.1, 0.15) is 0 Å². The van der Waals surface area contributed by atoms with Crippen LogP contribution in [-0.4, -0.2) is 10.8 Å². The molecule has 0 unspecified atom stereocenters. The number of carbonyl (C=O) groups excluding carboxylic acids is 1. The van der Waals surface area contributed by atoms with Gasteiger partial charge in [-0.05, 0) is 23.8 Å². The van der Waals surface area contributed by atoms with Crippen LogP contribution in [0.25, 0.3) is 6.08 Å². The summed E-state index contributed by atoms with van der Waals surface area (Å²) in [4.78, 5) is 12.0. The molecule has 0 aliphatic carbocycles. The summed E-state index contributed by atoms with van der Waals surface area (Å²) < 4.78 is 0. The van der Waals surface area contributed by atoms with Gasteiger partial charge in [-0.25, -0.2) is 0 Å². The number of hydrogen-bond donors (Lipinski definition) is 1. The number of carbonyl (C=O) groups is 1. The summed E-state index contributed by atoms with van der Waals surface area (Å²) in [7, 11) is 0. The molecule has 1 fully saturated rings. The van der Waals surface area contributed by atoms with Gasteiger partial charge in [-0.15, -0.1) is 0 Å². The van der Waals surface area contributed by atoms with Crippen LogP contribution < -0.4 is 0 Å². The largest absolute Gasteiger partial charge is 0.298 e. The van der Waals surface area contributed by atoms with E-state index in [9.17, 15) is 4.79 Å². The van der Waals surface area contributed by atoms with E-state index in [2.05, 4.69) is 0 Å². The summed E-state index contributed by atoms with van der Waals surface area (Å²) in [5.41, 5.74) is 1.39. The zero-order valence-electron chi connectivity index (χ0n) is 8.36. The third kappa shape index (κ3) is 2.20. The molecule has 1 aliphatic heterocycles. The molecule has 16 heavy (non-hydrogen) atoms. The molecule has 1 aromatic rings. The molecule has 4 heteroatoms. The fraction of sp³-hybridized carbons (Fsp3) is 0.0833. The number of nitrogens with one attached hydrogen (secondary N) is 1. The maximum atomic E-state index is 11.4. The fourth-order valence-corrected chi connectivity index (χ4v) is 2.27. The summed E-state index contributed by atoms with van der Waals surface area (Å²) >= 11 is 1.19. The van der Waals surface area contributed by atoms with Crippen molar-refractivity contribution in [3.05, 3.63) is 40.3 Å². The smallest absolute Gasteiger partial charge is 0.176 e. The Hall–Kier alpha value is -1.86. The molecule has 0 bridgehead atoms. The van der Waals surface area contributed by atoms with Gasteiger partial charge in [-0.2, -0.15) is 5.26 Å². The number of benzene rings is 1. The van der Waals surface area contributed by atoms with E-state index in [-0.39, 0.29) is 12.2 Å². The number of allylic oxidation sites excluding steroid dienone is 1. The van der Waals surface area contributed by atoms with Crippen LogP contribution in [0.2, 0.25) is 0 Å². The highest BCUT2D eigenvalue weighted by atomic mass is 32.2.